The molecule has 1 fully saturated rings. The lowest BCUT2D eigenvalue weighted by atomic mass is 10.2. The summed E-state index contributed by atoms with van der Waals surface area (Å²) in [5.74, 6) is 0.614. The third kappa shape index (κ3) is 3.19. The van der Waals surface area contributed by atoms with Crippen molar-refractivity contribution in [1.29, 1.82) is 0 Å². The van der Waals surface area contributed by atoms with E-state index in [4.69, 9.17) is 0 Å². The molecule has 5 nitrogen and oxygen atoms in total. The number of sulfone groups is 1. The first-order chi connectivity index (χ1) is 9.62. The lowest BCUT2D eigenvalue weighted by Gasteiger charge is -2.26. The van der Waals surface area contributed by atoms with E-state index in [1.54, 1.807) is 0 Å². The molecule has 108 valence electrons. The van der Waals surface area contributed by atoms with Gasteiger partial charge in [-0.3, -0.25) is 0 Å². The van der Waals surface area contributed by atoms with E-state index >= 15 is 0 Å². The number of pyridine rings is 1. The minimum atomic E-state index is -2.77. The highest BCUT2D eigenvalue weighted by atomic mass is 32.2. The maximum absolute atomic E-state index is 11.4. The van der Waals surface area contributed by atoms with Crippen LogP contribution in [0.3, 0.4) is 0 Å². The molecular formula is C14H19N3O2S. The molecule has 0 unspecified atom stereocenters. The van der Waals surface area contributed by atoms with Crippen LogP contribution >= 0.6 is 0 Å². The number of imidazole rings is 1. The van der Waals surface area contributed by atoms with Crippen molar-refractivity contribution in [3.05, 3.63) is 36.3 Å². The number of nitrogens with zero attached hydrogens (tertiary/aromatic N) is 3. The van der Waals surface area contributed by atoms with Crippen molar-refractivity contribution in [3.63, 3.8) is 0 Å². The van der Waals surface area contributed by atoms with Crippen molar-refractivity contribution in [2.45, 2.75) is 12.8 Å². The molecule has 1 saturated heterocycles. The Kier molecular flexibility index (Phi) is 3.76. The van der Waals surface area contributed by atoms with Gasteiger partial charge in [0.05, 0.1) is 17.2 Å². The maximum atomic E-state index is 11.4. The van der Waals surface area contributed by atoms with Gasteiger partial charge in [0.15, 0.2) is 9.84 Å². The van der Waals surface area contributed by atoms with Gasteiger partial charge in [0.2, 0.25) is 0 Å². The van der Waals surface area contributed by atoms with E-state index in [-0.39, 0.29) is 0 Å². The lowest BCUT2D eigenvalue weighted by Crippen LogP contribution is -2.40. The van der Waals surface area contributed by atoms with Gasteiger partial charge in [-0.15, -0.1) is 0 Å². The van der Waals surface area contributed by atoms with Crippen LogP contribution in [0.4, 0.5) is 0 Å². The second-order valence-corrected chi connectivity index (χ2v) is 7.60. The average molecular weight is 293 g/mol. The summed E-state index contributed by atoms with van der Waals surface area (Å²) in [5, 5.41) is 0. The van der Waals surface area contributed by atoms with Crippen molar-refractivity contribution in [1.82, 2.24) is 14.3 Å². The summed E-state index contributed by atoms with van der Waals surface area (Å²) < 4.78 is 24.7. The Labute approximate surface area is 119 Å². The van der Waals surface area contributed by atoms with E-state index in [1.165, 1.54) is 0 Å². The van der Waals surface area contributed by atoms with Crippen LogP contribution in [0.2, 0.25) is 0 Å². The summed E-state index contributed by atoms with van der Waals surface area (Å²) in [6, 6.07) is 5.98. The van der Waals surface area contributed by atoms with Gasteiger partial charge in [-0.25, -0.2) is 13.4 Å². The quantitative estimate of drug-likeness (QED) is 0.844. The summed E-state index contributed by atoms with van der Waals surface area (Å²) >= 11 is 0. The molecule has 20 heavy (non-hydrogen) atoms. The number of fused-ring (bicyclic) bond motifs is 1. The number of hydrogen-bond acceptors (Lipinski definition) is 4. The fraction of sp³-hybridized carbons (Fsp3) is 0.500. The molecule has 0 bridgehead atoms. The minimum absolute atomic E-state index is 0.307. The molecule has 0 amide bonds. The Hall–Kier alpha value is -1.40. The van der Waals surface area contributed by atoms with Gasteiger partial charge in [-0.1, -0.05) is 6.07 Å². The Morgan fingerprint density at radius 1 is 1.20 bits per heavy atom. The Morgan fingerprint density at radius 2 is 2.00 bits per heavy atom. The van der Waals surface area contributed by atoms with Crippen molar-refractivity contribution in [2.24, 2.45) is 0 Å². The van der Waals surface area contributed by atoms with E-state index in [1.807, 2.05) is 28.8 Å². The van der Waals surface area contributed by atoms with Crippen LogP contribution in [0.1, 0.15) is 12.1 Å². The number of hydrogen-bond donors (Lipinski definition) is 0. The number of rotatable bonds is 4. The Balaban J connectivity index is 1.50. The highest BCUT2D eigenvalue weighted by molar-refractivity contribution is 7.91. The average Bonchev–Trinajstić information content (AvgIpc) is 2.83. The normalized spacial score (nSPS) is 19.4. The summed E-state index contributed by atoms with van der Waals surface area (Å²) in [7, 11) is -2.77. The van der Waals surface area contributed by atoms with E-state index in [9.17, 15) is 8.42 Å². The van der Waals surface area contributed by atoms with E-state index in [0.717, 1.165) is 30.7 Å². The largest absolute Gasteiger partial charge is 0.307 e. The maximum Gasteiger partial charge on any atom is 0.152 e. The van der Waals surface area contributed by atoms with Crippen molar-refractivity contribution >= 4 is 15.5 Å². The van der Waals surface area contributed by atoms with E-state index in [0.29, 0.717) is 24.6 Å². The van der Waals surface area contributed by atoms with Crippen LogP contribution < -0.4 is 0 Å². The summed E-state index contributed by atoms with van der Waals surface area (Å²) in [5.41, 5.74) is 2.08. The summed E-state index contributed by atoms with van der Waals surface area (Å²) in [6.45, 7) is 2.30. The van der Waals surface area contributed by atoms with Gasteiger partial charge >= 0.3 is 0 Å². The first-order valence-corrected chi connectivity index (χ1v) is 8.80. The number of aryl methyl sites for hydroxylation is 1. The molecule has 0 aromatic carbocycles. The minimum Gasteiger partial charge on any atom is -0.307 e. The summed E-state index contributed by atoms with van der Waals surface area (Å²) in [6.07, 6.45) is 6.02. The zero-order valence-electron chi connectivity index (χ0n) is 11.4. The van der Waals surface area contributed by atoms with Gasteiger partial charge in [0.1, 0.15) is 5.65 Å². The van der Waals surface area contributed by atoms with Gasteiger partial charge in [-0.05, 0) is 31.5 Å². The molecule has 2 aromatic rings. The van der Waals surface area contributed by atoms with Gasteiger partial charge < -0.3 is 9.30 Å². The van der Waals surface area contributed by atoms with Gasteiger partial charge in [-0.2, -0.15) is 0 Å². The molecular weight excluding hydrogens is 274 g/mol. The van der Waals surface area contributed by atoms with Crippen molar-refractivity contribution < 1.29 is 8.42 Å². The molecule has 1 aliphatic heterocycles. The lowest BCUT2D eigenvalue weighted by molar-refractivity contribution is 0.291. The highest BCUT2D eigenvalue weighted by Crippen LogP contribution is 2.09. The SMILES string of the molecule is O=S1(=O)CCN(CCCc2cn3ccccc3n2)CC1. The third-order valence-corrected chi connectivity index (χ3v) is 5.37. The van der Waals surface area contributed by atoms with E-state index in [2.05, 4.69) is 16.1 Å². The molecule has 1 aliphatic rings. The van der Waals surface area contributed by atoms with Crippen LogP contribution in [0.15, 0.2) is 30.6 Å². The Bertz CT molecular complexity index is 646. The van der Waals surface area contributed by atoms with Gasteiger partial charge in [0, 0.05) is 25.5 Å². The van der Waals surface area contributed by atoms with Crippen LogP contribution in [0.25, 0.3) is 5.65 Å². The molecule has 3 heterocycles. The monoisotopic (exact) mass is 293 g/mol. The predicted octanol–water partition coefficient (Wildman–Crippen LogP) is 0.997. The first kappa shape index (κ1) is 13.6. The highest BCUT2D eigenvalue weighted by Gasteiger charge is 2.20. The first-order valence-electron chi connectivity index (χ1n) is 6.98. The second kappa shape index (κ2) is 5.54. The molecule has 0 saturated carbocycles. The second-order valence-electron chi connectivity index (χ2n) is 5.30. The zero-order chi connectivity index (χ0) is 14.0. The molecule has 6 heteroatoms. The van der Waals surface area contributed by atoms with Crippen LogP contribution in [0, 0.1) is 0 Å². The standard InChI is InChI=1S/C14H19N3O2S/c18-20(19)10-8-16(9-11-20)6-3-4-13-12-17-7-2-1-5-14(17)15-13/h1-2,5,7,12H,3-4,6,8-11H2. The van der Waals surface area contributed by atoms with Crippen LogP contribution in [-0.2, 0) is 16.3 Å². The molecule has 0 spiro atoms. The van der Waals surface area contributed by atoms with E-state index < -0.39 is 9.84 Å². The molecule has 0 N–H and O–H groups in total. The topological polar surface area (TPSA) is 54.7 Å². The number of aromatic nitrogens is 2. The molecule has 3 rings (SSSR count). The molecule has 0 aliphatic carbocycles. The molecule has 0 atom stereocenters. The molecule has 2 aromatic heterocycles. The van der Waals surface area contributed by atoms with Crippen molar-refractivity contribution in [3.8, 4) is 0 Å². The predicted molar refractivity (Wildman–Crippen MR) is 78.6 cm³/mol. The smallest absolute Gasteiger partial charge is 0.152 e. The van der Waals surface area contributed by atoms with Crippen LogP contribution in [-0.4, -0.2) is 53.8 Å². The fourth-order valence-corrected chi connectivity index (χ4v) is 3.84. The fourth-order valence-electron chi connectivity index (χ4n) is 2.57. The van der Waals surface area contributed by atoms with Crippen molar-refractivity contribution in [2.75, 3.05) is 31.1 Å². The third-order valence-electron chi connectivity index (χ3n) is 3.76. The summed E-state index contributed by atoms with van der Waals surface area (Å²) in [4.78, 5) is 6.80. The Morgan fingerprint density at radius 3 is 2.75 bits per heavy atom. The zero-order valence-corrected chi connectivity index (χ0v) is 12.2. The van der Waals surface area contributed by atoms with Gasteiger partial charge in [0.25, 0.3) is 0 Å². The van der Waals surface area contributed by atoms with Crippen LogP contribution in [0.5, 0.6) is 0 Å². The molecule has 0 radical (unpaired) electrons.